The Morgan fingerprint density at radius 3 is 2.67 bits per heavy atom. The fraction of sp³-hybridized carbons (Fsp3) is 0.375. The number of sulfonamides is 1. The molecule has 0 saturated carbocycles. The number of nitrogens with one attached hydrogen (secondary N) is 1. The summed E-state index contributed by atoms with van der Waals surface area (Å²) in [5.74, 6) is -0.0696. The molecule has 0 aromatic carbocycles. The van der Waals surface area contributed by atoms with E-state index < -0.39 is 14.9 Å². The third kappa shape index (κ3) is 4.51. The van der Waals surface area contributed by atoms with Crippen LogP contribution in [0.4, 0.5) is 17.3 Å². The number of aromatic nitrogens is 1. The maximum atomic E-state index is 10.7. The molecule has 0 atom stereocenters. The molecular formula is C8H13N5O4S. The molecule has 10 heteroatoms. The van der Waals surface area contributed by atoms with Gasteiger partial charge in [-0.05, 0) is 12.5 Å². The molecule has 100 valence electrons. The molecule has 5 N–H and O–H groups in total. The predicted molar refractivity (Wildman–Crippen MR) is 66.4 cm³/mol. The van der Waals surface area contributed by atoms with Gasteiger partial charge in [0.25, 0.3) is 0 Å². The summed E-state index contributed by atoms with van der Waals surface area (Å²) in [6.07, 6.45) is 0.215. The number of rotatable bonds is 6. The normalized spacial score (nSPS) is 11.2. The van der Waals surface area contributed by atoms with E-state index in [0.29, 0.717) is 0 Å². The van der Waals surface area contributed by atoms with Crippen molar-refractivity contribution in [1.82, 2.24) is 4.98 Å². The maximum Gasteiger partial charge on any atom is 0.311 e. The van der Waals surface area contributed by atoms with Crippen molar-refractivity contribution in [3.63, 3.8) is 0 Å². The molecule has 1 aromatic rings. The Morgan fingerprint density at radius 1 is 1.44 bits per heavy atom. The molecule has 1 aromatic heterocycles. The second-order valence-corrected chi connectivity index (χ2v) is 5.24. The first kappa shape index (κ1) is 14.1. The van der Waals surface area contributed by atoms with Gasteiger partial charge < -0.3 is 11.1 Å². The number of pyridine rings is 1. The third-order valence-electron chi connectivity index (χ3n) is 1.99. The lowest BCUT2D eigenvalue weighted by Crippen LogP contribution is -2.19. The van der Waals surface area contributed by atoms with Crippen molar-refractivity contribution >= 4 is 27.3 Å². The van der Waals surface area contributed by atoms with Crippen LogP contribution in [0, 0.1) is 10.1 Å². The Labute approximate surface area is 103 Å². The molecule has 0 spiro atoms. The molecule has 0 radical (unpaired) electrons. The second-order valence-electron chi connectivity index (χ2n) is 3.51. The Hall–Kier alpha value is -1.94. The van der Waals surface area contributed by atoms with E-state index in [-0.39, 0.29) is 36.0 Å². The average molecular weight is 275 g/mol. The summed E-state index contributed by atoms with van der Waals surface area (Å²) in [6.45, 7) is 0.188. The first-order valence-electron chi connectivity index (χ1n) is 4.95. The molecule has 0 aliphatic carbocycles. The Morgan fingerprint density at radius 2 is 2.11 bits per heavy atom. The van der Waals surface area contributed by atoms with Crippen LogP contribution in [0.1, 0.15) is 6.42 Å². The van der Waals surface area contributed by atoms with E-state index in [1.54, 1.807) is 0 Å². The van der Waals surface area contributed by atoms with Crippen LogP contribution in [-0.4, -0.2) is 30.6 Å². The monoisotopic (exact) mass is 275 g/mol. The van der Waals surface area contributed by atoms with Gasteiger partial charge in [-0.2, -0.15) is 0 Å². The van der Waals surface area contributed by atoms with Gasteiger partial charge in [-0.15, -0.1) is 0 Å². The van der Waals surface area contributed by atoms with Gasteiger partial charge in [0, 0.05) is 12.6 Å². The van der Waals surface area contributed by atoms with Crippen LogP contribution in [0.25, 0.3) is 0 Å². The molecule has 1 rings (SSSR count). The zero-order valence-electron chi connectivity index (χ0n) is 9.37. The first-order chi connectivity index (χ1) is 8.29. The highest BCUT2D eigenvalue weighted by Gasteiger charge is 2.15. The largest absolute Gasteiger partial charge is 0.384 e. The Kier molecular flexibility index (Phi) is 4.39. The highest BCUT2D eigenvalue weighted by Crippen LogP contribution is 2.22. The Balaban J connectivity index is 2.66. The topological polar surface area (TPSA) is 154 Å². The summed E-state index contributed by atoms with van der Waals surface area (Å²) in [7, 11) is -3.53. The number of hydrogen-bond acceptors (Lipinski definition) is 7. The van der Waals surface area contributed by atoms with Gasteiger partial charge in [0.05, 0.1) is 10.7 Å². The fourth-order valence-corrected chi connectivity index (χ4v) is 1.77. The molecule has 0 aliphatic heterocycles. The van der Waals surface area contributed by atoms with Crippen LogP contribution in [0.15, 0.2) is 12.1 Å². The molecule has 0 saturated heterocycles. The molecule has 0 aliphatic rings. The zero-order chi connectivity index (χ0) is 13.8. The lowest BCUT2D eigenvalue weighted by Gasteiger charge is -2.06. The van der Waals surface area contributed by atoms with Crippen molar-refractivity contribution in [2.75, 3.05) is 23.3 Å². The molecular weight excluding hydrogens is 262 g/mol. The summed E-state index contributed by atoms with van der Waals surface area (Å²) < 4.78 is 21.4. The van der Waals surface area contributed by atoms with Crippen LogP contribution >= 0.6 is 0 Å². The summed E-state index contributed by atoms with van der Waals surface area (Å²) in [4.78, 5) is 13.9. The molecule has 0 fully saturated rings. The van der Waals surface area contributed by atoms with Crippen LogP contribution in [0.2, 0.25) is 0 Å². The fourth-order valence-electron chi connectivity index (χ4n) is 1.22. The molecule has 18 heavy (non-hydrogen) atoms. The third-order valence-corrected chi connectivity index (χ3v) is 2.85. The number of primary sulfonamides is 1. The average Bonchev–Trinajstić information content (AvgIpc) is 2.22. The zero-order valence-corrected chi connectivity index (χ0v) is 10.2. The van der Waals surface area contributed by atoms with E-state index in [0.717, 1.165) is 0 Å². The van der Waals surface area contributed by atoms with E-state index in [1.807, 2.05) is 0 Å². The van der Waals surface area contributed by atoms with E-state index in [4.69, 9.17) is 10.9 Å². The first-order valence-corrected chi connectivity index (χ1v) is 6.66. The summed E-state index contributed by atoms with van der Waals surface area (Å²) >= 11 is 0. The van der Waals surface area contributed by atoms with E-state index in [1.165, 1.54) is 12.1 Å². The number of nitro groups is 1. The standard InChI is InChI=1S/C8H13N5O4S/c9-7-3-2-6(13(14)15)8(12-7)11-4-1-5-18(10,16)17/h2-3H,1,4-5H2,(H3,9,11,12)(H2,10,16,17). The molecule has 0 bridgehead atoms. The minimum Gasteiger partial charge on any atom is -0.384 e. The van der Waals surface area contributed by atoms with Gasteiger partial charge in [-0.25, -0.2) is 18.5 Å². The van der Waals surface area contributed by atoms with Crippen molar-refractivity contribution < 1.29 is 13.3 Å². The van der Waals surface area contributed by atoms with Crippen LogP contribution in [0.3, 0.4) is 0 Å². The van der Waals surface area contributed by atoms with Crippen molar-refractivity contribution in [1.29, 1.82) is 0 Å². The second kappa shape index (κ2) is 5.60. The van der Waals surface area contributed by atoms with Gasteiger partial charge >= 0.3 is 5.69 Å². The van der Waals surface area contributed by atoms with Gasteiger partial charge in [0.1, 0.15) is 5.82 Å². The maximum absolute atomic E-state index is 10.7. The number of nitrogen functional groups attached to an aromatic ring is 1. The van der Waals surface area contributed by atoms with Gasteiger partial charge in [-0.1, -0.05) is 0 Å². The SMILES string of the molecule is Nc1ccc([N+](=O)[O-])c(NCCCS(N)(=O)=O)n1. The highest BCUT2D eigenvalue weighted by atomic mass is 32.2. The number of hydrogen-bond donors (Lipinski definition) is 3. The van der Waals surface area contributed by atoms with Crippen molar-refractivity contribution in [2.45, 2.75) is 6.42 Å². The predicted octanol–water partition coefficient (Wildman–Crippen LogP) is -0.338. The lowest BCUT2D eigenvalue weighted by molar-refractivity contribution is -0.384. The molecule has 9 nitrogen and oxygen atoms in total. The quantitative estimate of drug-likeness (QED) is 0.364. The van der Waals surface area contributed by atoms with Gasteiger partial charge in [0.2, 0.25) is 15.8 Å². The number of nitrogens with zero attached hydrogens (tertiary/aromatic N) is 2. The van der Waals surface area contributed by atoms with Crippen molar-refractivity contribution in [3.8, 4) is 0 Å². The van der Waals surface area contributed by atoms with E-state index >= 15 is 0 Å². The summed E-state index contributed by atoms with van der Waals surface area (Å²) in [5, 5.41) is 18.2. The minimum atomic E-state index is -3.53. The minimum absolute atomic E-state index is 0.00872. The van der Waals surface area contributed by atoms with Crippen LogP contribution < -0.4 is 16.2 Å². The van der Waals surface area contributed by atoms with Crippen LogP contribution in [-0.2, 0) is 10.0 Å². The van der Waals surface area contributed by atoms with Crippen molar-refractivity contribution in [3.05, 3.63) is 22.2 Å². The van der Waals surface area contributed by atoms with Gasteiger partial charge in [-0.3, -0.25) is 10.1 Å². The van der Waals surface area contributed by atoms with Gasteiger partial charge in [0.15, 0.2) is 0 Å². The summed E-state index contributed by atoms with van der Waals surface area (Å²) in [5.41, 5.74) is 5.19. The van der Waals surface area contributed by atoms with E-state index in [2.05, 4.69) is 10.3 Å². The molecule has 0 unspecified atom stereocenters. The lowest BCUT2D eigenvalue weighted by atomic mass is 10.3. The molecule has 0 amide bonds. The summed E-state index contributed by atoms with van der Waals surface area (Å²) in [6, 6.07) is 2.54. The van der Waals surface area contributed by atoms with Crippen LogP contribution in [0.5, 0.6) is 0 Å². The number of nitrogens with two attached hydrogens (primary N) is 2. The number of anilines is 2. The van der Waals surface area contributed by atoms with E-state index in [9.17, 15) is 18.5 Å². The molecule has 1 heterocycles. The Bertz CT molecular complexity index is 544. The highest BCUT2D eigenvalue weighted by molar-refractivity contribution is 7.89. The van der Waals surface area contributed by atoms with Crippen molar-refractivity contribution in [2.24, 2.45) is 5.14 Å². The smallest absolute Gasteiger partial charge is 0.311 e.